The second-order valence-electron chi connectivity index (χ2n) is 10.5. The van der Waals surface area contributed by atoms with Crippen LogP contribution in [-0.2, 0) is 9.53 Å². The summed E-state index contributed by atoms with van der Waals surface area (Å²) in [4.78, 5) is 12.6. The second-order valence-corrected chi connectivity index (χ2v) is 21.8. The van der Waals surface area contributed by atoms with Gasteiger partial charge in [0.15, 0.2) is 0 Å². The zero-order chi connectivity index (χ0) is 17.5. The Morgan fingerprint density at radius 2 is 1.78 bits per heavy atom. The molecule has 2 aliphatic carbocycles. The van der Waals surface area contributed by atoms with Crippen molar-refractivity contribution in [1.82, 2.24) is 0 Å². The summed E-state index contributed by atoms with van der Waals surface area (Å²) in [5.41, 5.74) is 1.15. The Balaban J connectivity index is 1.84. The molecular weight excluding hydrogens is 316 g/mol. The molecule has 2 aliphatic rings. The third kappa shape index (κ3) is 5.59. The highest BCUT2D eigenvalue weighted by molar-refractivity contribution is 6.94. The van der Waals surface area contributed by atoms with Crippen molar-refractivity contribution in [2.45, 2.75) is 83.2 Å². The molecule has 0 radical (unpaired) electrons. The van der Waals surface area contributed by atoms with Crippen molar-refractivity contribution in [3.05, 3.63) is 12.2 Å². The Morgan fingerprint density at radius 3 is 2.26 bits per heavy atom. The van der Waals surface area contributed by atoms with Gasteiger partial charge in [-0.1, -0.05) is 56.6 Å². The van der Waals surface area contributed by atoms with E-state index in [9.17, 15) is 4.79 Å². The molecule has 0 amide bonds. The van der Waals surface area contributed by atoms with E-state index >= 15 is 0 Å². The zero-order valence-corrected chi connectivity index (χ0v) is 18.2. The van der Waals surface area contributed by atoms with E-state index in [1.165, 1.54) is 11.7 Å². The SMILES string of the molecule is CC(C)(CC[Si](C)(C)C[Si](C)(C)C)OC(=O)C1CC2C=CC1C2. The summed E-state index contributed by atoms with van der Waals surface area (Å²) in [5.74, 6) is 1.25. The predicted octanol–water partition coefficient (Wildman–Crippen LogP) is 5.50. The van der Waals surface area contributed by atoms with Gasteiger partial charge in [-0.15, -0.1) is 0 Å². The summed E-state index contributed by atoms with van der Waals surface area (Å²) < 4.78 is 5.96. The Labute approximate surface area is 145 Å². The largest absolute Gasteiger partial charge is 0.459 e. The van der Waals surface area contributed by atoms with Gasteiger partial charge >= 0.3 is 5.97 Å². The van der Waals surface area contributed by atoms with Gasteiger partial charge in [0, 0.05) is 16.1 Å². The van der Waals surface area contributed by atoms with Gasteiger partial charge in [0.1, 0.15) is 5.60 Å². The van der Waals surface area contributed by atoms with E-state index in [2.05, 4.69) is 58.7 Å². The molecule has 0 aromatic carbocycles. The minimum Gasteiger partial charge on any atom is -0.459 e. The maximum atomic E-state index is 12.6. The first-order chi connectivity index (χ1) is 10.4. The monoisotopic (exact) mass is 352 g/mol. The number of hydrogen-bond acceptors (Lipinski definition) is 2. The van der Waals surface area contributed by atoms with Crippen molar-refractivity contribution in [3.8, 4) is 0 Å². The van der Waals surface area contributed by atoms with E-state index in [1.54, 1.807) is 0 Å². The molecule has 0 spiro atoms. The summed E-state index contributed by atoms with van der Waals surface area (Å²) in [6, 6.07) is 1.26. The first-order valence-corrected chi connectivity index (χ1v) is 16.4. The van der Waals surface area contributed by atoms with Gasteiger partial charge in [-0.3, -0.25) is 4.79 Å². The average Bonchev–Trinajstić information content (AvgIpc) is 2.95. The fourth-order valence-electron chi connectivity index (χ4n) is 4.61. The fraction of sp³-hybridized carbons (Fsp3) is 0.842. The molecule has 2 nitrogen and oxygen atoms in total. The second kappa shape index (κ2) is 6.51. The van der Waals surface area contributed by atoms with Gasteiger partial charge in [-0.05, 0) is 44.9 Å². The number of rotatable bonds is 7. The predicted molar refractivity (Wildman–Crippen MR) is 104 cm³/mol. The molecule has 23 heavy (non-hydrogen) atoms. The molecule has 1 saturated carbocycles. The molecule has 0 N–H and O–H groups in total. The van der Waals surface area contributed by atoms with Crippen LogP contribution in [0.15, 0.2) is 12.2 Å². The third-order valence-electron chi connectivity index (χ3n) is 5.37. The van der Waals surface area contributed by atoms with Crippen LogP contribution in [0.5, 0.6) is 0 Å². The molecule has 3 unspecified atom stereocenters. The van der Waals surface area contributed by atoms with Crippen LogP contribution < -0.4 is 0 Å². The Bertz CT molecular complexity index is 474. The Kier molecular flexibility index (Phi) is 5.37. The molecule has 4 heteroatoms. The zero-order valence-electron chi connectivity index (χ0n) is 16.2. The first kappa shape index (κ1) is 19.0. The number of esters is 1. The summed E-state index contributed by atoms with van der Waals surface area (Å²) in [6.07, 6.45) is 7.70. The summed E-state index contributed by atoms with van der Waals surface area (Å²) in [7, 11) is -2.19. The molecule has 2 bridgehead atoms. The summed E-state index contributed by atoms with van der Waals surface area (Å²) in [6.45, 7) is 16.6. The van der Waals surface area contributed by atoms with Gasteiger partial charge in [0.25, 0.3) is 0 Å². The molecule has 3 atom stereocenters. The van der Waals surface area contributed by atoms with Crippen LogP contribution in [0.1, 0.15) is 33.1 Å². The van der Waals surface area contributed by atoms with Crippen LogP contribution in [0.3, 0.4) is 0 Å². The van der Waals surface area contributed by atoms with Gasteiger partial charge in [0.2, 0.25) is 0 Å². The molecular formula is C19H36O2Si2. The highest BCUT2D eigenvalue weighted by atomic mass is 28.4. The van der Waals surface area contributed by atoms with E-state index in [0.29, 0.717) is 11.8 Å². The normalized spacial score (nSPS) is 27.5. The lowest BCUT2D eigenvalue weighted by Crippen LogP contribution is -2.40. The molecule has 0 heterocycles. The lowest BCUT2D eigenvalue weighted by atomic mass is 9.93. The van der Waals surface area contributed by atoms with E-state index in [4.69, 9.17) is 4.74 Å². The average molecular weight is 353 g/mol. The van der Waals surface area contributed by atoms with Crippen LogP contribution in [0.2, 0.25) is 44.4 Å². The van der Waals surface area contributed by atoms with Crippen molar-refractivity contribution in [3.63, 3.8) is 0 Å². The van der Waals surface area contributed by atoms with Crippen molar-refractivity contribution in [2.75, 3.05) is 0 Å². The van der Waals surface area contributed by atoms with Crippen LogP contribution in [0, 0.1) is 17.8 Å². The van der Waals surface area contributed by atoms with E-state index in [-0.39, 0.29) is 17.5 Å². The van der Waals surface area contributed by atoms with Gasteiger partial charge in [-0.25, -0.2) is 0 Å². The first-order valence-electron chi connectivity index (χ1n) is 9.28. The maximum absolute atomic E-state index is 12.6. The Morgan fingerprint density at radius 1 is 1.13 bits per heavy atom. The molecule has 2 rings (SSSR count). The quantitative estimate of drug-likeness (QED) is 0.344. The van der Waals surface area contributed by atoms with Crippen LogP contribution >= 0.6 is 0 Å². The maximum Gasteiger partial charge on any atom is 0.310 e. The number of carbonyl (C=O) groups is 1. The molecule has 0 aromatic heterocycles. The van der Waals surface area contributed by atoms with E-state index in [1.807, 2.05) is 0 Å². The van der Waals surface area contributed by atoms with Crippen molar-refractivity contribution in [1.29, 1.82) is 0 Å². The van der Waals surface area contributed by atoms with Crippen molar-refractivity contribution in [2.24, 2.45) is 17.8 Å². The van der Waals surface area contributed by atoms with Crippen LogP contribution in [-0.4, -0.2) is 27.7 Å². The number of carbonyl (C=O) groups excluding carboxylic acids is 1. The van der Waals surface area contributed by atoms with E-state index in [0.717, 1.165) is 19.3 Å². The van der Waals surface area contributed by atoms with Gasteiger partial charge in [0.05, 0.1) is 5.92 Å². The van der Waals surface area contributed by atoms with Gasteiger partial charge in [-0.2, -0.15) is 0 Å². The van der Waals surface area contributed by atoms with Gasteiger partial charge < -0.3 is 4.74 Å². The fourth-order valence-corrected chi connectivity index (χ4v) is 18.1. The van der Waals surface area contributed by atoms with Crippen molar-refractivity contribution >= 4 is 22.1 Å². The van der Waals surface area contributed by atoms with E-state index < -0.39 is 16.1 Å². The number of allylic oxidation sites excluding steroid dienone is 2. The molecule has 0 aromatic rings. The third-order valence-corrected chi connectivity index (χ3v) is 15.0. The standard InChI is InChI=1S/C19H36O2Si2/c1-19(2,10-11-23(6,7)14-22(3,4)5)21-18(20)17-13-15-8-9-16(17)12-15/h8-9,15-17H,10-14H2,1-7H3. The molecule has 0 aliphatic heterocycles. The summed E-state index contributed by atoms with van der Waals surface area (Å²) >= 11 is 0. The lowest BCUT2D eigenvalue weighted by Gasteiger charge is -2.34. The molecule has 0 saturated heterocycles. The van der Waals surface area contributed by atoms with Crippen LogP contribution in [0.25, 0.3) is 0 Å². The Hall–Kier alpha value is -0.356. The topological polar surface area (TPSA) is 26.3 Å². The lowest BCUT2D eigenvalue weighted by molar-refractivity contribution is -0.162. The van der Waals surface area contributed by atoms with Crippen molar-refractivity contribution < 1.29 is 9.53 Å². The summed E-state index contributed by atoms with van der Waals surface area (Å²) in [5, 5.41) is 0. The van der Waals surface area contributed by atoms with Crippen LogP contribution in [0.4, 0.5) is 0 Å². The smallest absolute Gasteiger partial charge is 0.310 e. The minimum atomic E-state index is -1.19. The molecule has 1 fully saturated rings. The minimum absolute atomic E-state index is 0.0523. The molecule has 132 valence electrons. The number of hydrogen-bond donors (Lipinski definition) is 0. The highest BCUT2D eigenvalue weighted by Gasteiger charge is 2.42. The number of fused-ring (bicyclic) bond motifs is 2. The highest BCUT2D eigenvalue weighted by Crippen LogP contribution is 2.44. The number of ether oxygens (including phenoxy) is 1.